The van der Waals surface area contributed by atoms with Crippen LogP contribution in [0, 0.1) is 11.3 Å². The fourth-order valence-corrected chi connectivity index (χ4v) is 6.46. The summed E-state index contributed by atoms with van der Waals surface area (Å²) in [5.74, 6) is 1.21. The molecular weight excluding hydrogens is 589 g/mol. The van der Waals surface area contributed by atoms with E-state index in [0.29, 0.717) is 55.0 Å². The largest absolute Gasteiger partial charge is 0.486 e. The van der Waals surface area contributed by atoms with Crippen LogP contribution in [-0.2, 0) is 14.3 Å². The molecule has 0 saturated carbocycles. The molecule has 0 aliphatic carbocycles. The van der Waals surface area contributed by atoms with Crippen LogP contribution in [0.4, 0.5) is 21.6 Å². The maximum atomic E-state index is 15.1. The number of carbonyl (C=O) groups excluding carboxylic acids is 1. The summed E-state index contributed by atoms with van der Waals surface area (Å²) in [6.07, 6.45) is 0.922. The predicted octanol–water partition coefficient (Wildman–Crippen LogP) is 3.78. The number of rotatable bonds is 8. The van der Waals surface area contributed by atoms with Gasteiger partial charge in [0.25, 0.3) is 5.91 Å². The minimum absolute atomic E-state index is 0.0484. The number of nitrogens with zero attached hydrogens (tertiary/aromatic N) is 6. The number of carbonyl (C=O) groups is 1. The first-order valence-corrected chi connectivity index (χ1v) is 16.1. The van der Waals surface area contributed by atoms with Gasteiger partial charge in [-0.25, -0.2) is 14.4 Å². The Morgan fingerprint density at radius 1 is 1.04 bits per heavy atom. The molecule has 7 rings (SSSR count). The van der Waals surface area contributed by atoms with Crippen LogP contribution < -0.4 is 15.0 Å². The Balaban J connectivity index is 0.960. The summed E-state index contributed by atoms with van der Waals surface area (Å²) in [7, 11) is 0. The fraction of sp³-hybridized carbons (Fsp3) is 0.471. The Hall–Kier alpha value is -4.31. The van der Waals surface area contributed by atoms with E-state index in [1.807, 2.05) is 12.1 Å². The highest BCUT2D eigenvalue weighted by atomic mass is 19.1. The maximum Gasteiger partial charge on any atom is 0.251 e. The molecule has 3 atom stereocenters. The van der Waals surface area contributed by atoms with Gasteiger partial charge in [-0.3, -0.25) is 9.69 Å². The number of benzene rings is 2. The molecule has 4 aliphatic heterocycles. The van der Waals surface area contributed by atoms with Gasteiger partial charge < -0.3 is 29.3 Å². The van der Waals surface area contributed by atoms with Crippen LogP contribution in [0.2, 0.25) is 0 Å². The number of likely N-dealkylation sites (tertiary alicyclic amines) is 1. The number of nitrogens with one attached hydrogen (secondary N) is 1. The lowest BCUT2D eigenvalue weighted by molar-refractivity contribution is -0.144. The lowest BCUT2D eigenvalue weighted by Gasteiger charge is -2.43. The Morgan fingerprint density at radius 2 is 1.87 bits per heavy atom. The highest BCUT2D eigenvalue weighted by Crippen LogP contribution is 2.30. The van der Waals surface area contributed by atoms with Crippen LogP contribution >= 0.6 is 0 Å². The molecule has 5 heterocycles. The molecule has 4 saturated heterocycles. The van der Waals surface area contributed by atoms with Crippen molar-refractivity contribution in [3.63, 3.8) is 0 Å². The van der Waals surface area contributed by atoms with Gasteiger partial charge in [0.1, 0.15) is 29.8 Å². The standard InChI is InChI=1S/C34H38FN7O4/c35-28-20-42(34(43)31-2-1-17-45-31)12-10-30(28)46-29-8-3-23(18-24(29)19-36)33-37-11-9-32(39-33)38-25-4-6-26(7-5-25)40-13-15-41(16-14-40)27-21-44-22-27/h3-9,11,18,27-28,30-31H,1-2,10,12-17,20-22H2,(H,37,38,39)/t28-,30+,31-/m1/s1. The lowest BCUT2D eigenvalue weighted by Crippen LogP contribution is -2.56. The van der Waals surface area contributed by atoms with Crippen LogP contribution in [0.15, 0.2) is 54.7 Å². The van der Waals surface area contributed by atoms with Gasteiger partial charge in [0.05, 0.1) is 31.4 Å². The van der Waals surface area contributed by atoms with Gasteiger partial charge >= 0.3 is 0 Å². The number of hydrogen-bond donors (Lipinski definition) is 1. The lowest BCUT2D eigenvalue weighted by atomic mass is 10.0. The Morgan fingerprint density at radius 3 is 2.57 bits per heavy atom. The molecule has 1 N–H and O–H groups in total. The molecule has 0 bridgehead atoms. The molecule has 3 aromatic rings. The molecule has 2 aromatic carbocycles. The van der Waals surface area contributed by atoms with Crippen LogP contribution in [0.25, 0.3) is 11.4 Å². The van der Waals surface area contributed by atoms with Crippen molar-refractivity contribution in [3.8, 4) is 23.2 Å². The number of piperidine rings is 1. The minimum Gasteiger partial charge on any atom is -0.486 e. The first-order valence-electron chi connectivity index (χ1n) is 16.1. The Kier molecular flexibility index (Phi) is 8.96. The monoisotopic (exact) mass is 627 g/mol. The molecular formula is C34H38FN7O4. The average molecular weight is 628 g/mol. The molecule has 12 heteroatoms. The first-order chi connectivity index (χ1) is 22.5. The topological polar surface area (TPSA) is 116 Å². The fourth-order valence-electron chi connectivity index (χ4n) is 6.46. The van der Waals surface area contributed by atoms with Gasteiger partial charge in [-0.05, 0) is 61.4 Å². The quantitative estimate of drug-likeness (QED) is 0.396. The second-order valence-corrected chi connectivity index (χ2v) is 12.2. The molecule has 240 valence electrons. The van der Waals surface area contributed by atoms with Crippen molar-refractivity contribution in [2.45, 2.75) is 43.7 Å². The number of amides is 1. The van der Waals surface area contributed by atoms with Gasteiger partial charge in [-0.1, -0.05) is 0 Å². The van der Waals surface area contributed by atoms with Crippen LogP contribution in [0.1, 0.15) is 24.8 Å². The third-order valence-corrected chi connectivity index (χ3v) is 9.25. The third-order valence-electron chi connectivity index (χ3n) is 9.25. The zero-order chi connectivity index (χ0) is 31.5. The van der Waals surface area contributed by atoms with Gasteiger partial charge in [0, 0.05) is 68.9 Å². The van der Waals surface area contributed by atoms with E-state index in [1.165, 1.54) is 10.6 Å². The summed E-state index contributed by atoms with van der Waals surface area (Å²) in [5.41, 5.74) is 3.01. The van der Waals surface area contributed by atoms with Gasteiger partial charge in [0.2, 0.25) is 0 Å². The van der Waals surface area contributed by atoms with Crippen molar-refractivity contribution in [2.24, 2.45) is 0 Å². The zero-order valence-corrected chi connectivity index (χ0v) is 25.7. The van der Waals surface area contributed by atoms with Crippen LogP contribution in [0.5, 0.6) is 5.75 Å². The molecule has 46 heavy (non-hydrogen) atoms. The normalized spacial score (nSPS) is 23.9. The number of hydrogen-bond acceptors (Lipinski definition) is 10. The number of anilines is 3. The van der Waals surface area contributed by atoms with E-state index < -0.39 is 18.4 Å². The average Bonchev–Trinajstić information content (AvgIpc) is 3.61. The van der Waals surface area contributed by atoms with Crippen molar-refractivity contribution >= 4 is 23.1 Å². The van der Waals surface area contributed by atoms with E-state index in [0.717, 1.165) is 51.5 Å². The molecule has 1 amide bonds. The SMILES string of the molecule is N#Cc1cc(-c2nccc(Nc3ccc(N4CCN(C5COC5)CC4)cc3)n2)ccc1O[C@H]1CCN(C(=O)[C@H]2CCCO2)C[C@H]1F. The summed E-state index contributed by atoms with van der Waals surface area (Å²) in [6.45, 7) is 6.70. The highest BCUT2D eigenvalue weighted by molar-refractivity contribution is 5.81. The number of aromatic nitrogens is 2. The van der Waals surface area contributed by atoms with Crippen molar-refractivity contribution in [2.75, 3.05) is 69.3 Å². The summed E-state index contributed by atoms with van der Waals surface area (Å²) >= 11 is 0. The van der Waals surface area contributed by atoms with Crippen molar-refractivity contribution in [1.82, 2.24) is 19.8 Å². The van der Waals surface area contributed by atoms with E-state index >= 15 is 4.39 Å². The highest BCUT2D eigenvalue weighted by Gasteiger charge is 2.37. The smallest absolute Gasteiger partial charge is 0.251 e. The molecule has 4 aliphatic rings. The predicted molar refractivity (Wildman–Crippen MR) is 170 cm³/mol. The Bertz CT molecular complexity index is 1570. The van der Waals surface area contributed by atoms with E-state index in [9.17, 15) is 10.1 Å². The van der Waals surface area contributed by atoms with Gasteiger partial charge in [-0.15, -0.1) is 0 Å². The molecule has 0 radical (unpaired) electrons. The number of alkyl halides is 1. The summed E-state index contributed by atoms with van der Waals surface area (Å²) in [6, 6.07) is 18.0. The van der Waals surface area contributed by atoms with Crippen molar-refractivity contribution < 1.29 is 23.4 Å². The maximum absolute atomic E-state index is 15.1. The van der Waals surface area contributed by atoms with E-state index in [2.05, 4.69) is 43.3 Å². The van der Waals surface area contributed by atoms with Crippen LogP contribution in [-0.4, -0.2) is 109 Å². The minimum atomic E-state index is -1.37. The summed E-state index contributed by atoms with van der Waals surface area (Å²) in [5, 5.41) is 13.2. The van der Waals surface area contributed by atoms with E-state index in [1.54, 1.807) is 30.5 Å². The number of ether oxygens (including phenoxy) is 3. The zero-order valence-electron chi connectivity index (χ0n) is 25.7. The number of nitriles is 1. The summed E-state index contributed by atoms with van der Waals surface area (Å²) in [4.78, 5) is 28.2. The van der Waals surface area contributed by atoms with Crippen molar-refractivity contribution in [1.29, 1.82) is 5.26 Å². The third kappa shape index (κ3) is 6.63. The van der Waals surface area contributed by atoms with E-state index in [4.69, 9.17) is 14.2 Å². The molecule has 1 aromatic heterocycles. The second kappa shape index (κ2) is 13.6. The molecule has 0 spiro atoms. The molecule has 0 unspecified atom stereocenters. The first kappa shape index (κ1) is 30.3. The summed E-state index contributed by atoms with van der Waals surface area (Å²) < 4.78 is 31.9. The second-order valence-electron chi connectivity index (χ2n) is 12.2. The van der Waals surface area contributed by atoms with E-state index in [-0.39, 0.29) is 18.0 Å². The van der Waals surface area contributed by atoms with Crippen molar-refractivity contribution in [3.05, 3.63) is 60.3 Å². The van der Waals surface area contributed by atoms with Gasteiger partial charge in [0.15, 0.2) is 12.0 Å². The number of halogens is 1. The molecule has 4 fully saturated rings. The van der Waals surface area contributed by atoms with Gasteiger partial charge in [-0.2, -0.15) is 5.26 Å². The Labute approximate surface area is 267 Å². The van der Waals surface area contributed by atoms with Crippen LogP contribution in [0.3, 0.4) is 0 Å². The molecule has 11 nitrogen and oxygen atoms in total. The number of piperazine rings is 1.